The molecule has 0 aromatic carbocycles. The van der Waals surface area contributed by atoms with E-state index in [9.17, 15) is 14.4 Å². The van der Waals surface area contributed by atoms with Crippen LogP contribution in [0.25, 0.3) is 0 Å². The molecule has 3 heterocycles. The number of rotatable bonds is 2. The molecular formula is C13H14N6O4. The summed E-state index contributed by atoms with van der Waals surface area (Å²) in [5.74, 6) is -1.41. The highest BCUT2D eigenvalue weighted by Crippen LogP contribution is 2.09. The molecule has 3 amide bonds. The van der Waals surface area contributed by atoms with Crippen LogP contribution < -0.4 is 5.43 Å². The lowest BCUT2D eigenvalue weighted by atomic mass is 10.2. The van der Waals surface area contributed by atoms with Gasteiger partial charge in [0.1, 0.15) is 12.7 Å². The monoisotopic (exact) mass is 318 g/mol. The van der Waals surface area contributed by atoms with Gasteiger partial charge >= 0.3 is 11.8 Å². The van der Waals surface area contributed by atoms with Crippen LogP contribution in [-0.2, 0) is 9.59 Å². The lowest BCUT2D eigenvalue weighted by Crippen LogP contribution is -2.53. The van der Waals surface area contributed by atoms with E-state index in [-0.39, 0.29) is 24.8 Å². The zero-order chi connectivity index (χ0) is 16.2. The van der Waals surface area contributed by atoms with Crippen molar-refractivity contribution in [3.05, 3.63) is 36.8 Å². The molecule has 0 bridgehead atoms. The van der Waals surface area contributed by atoms with Gasteiger partial charge in [-0.25, -0.2) is 4.68 Å². The zero-order valence-electron chi connectivity index (χ0n) is 12.1. The van der Waals surface area contributed by atoms with Crippen molar-refractivity contribution < 1.29 is 18.8 Å². The standard InChI is InChI=1S/C13H14N6O4/c20-11(16-19-8-14-15-9-19)13(22)18-5-3-17(4-6-18)12(21)10-2-1-7-23-10/h1-2,7-9H,3-6H2,(H,16,20). The van der Waals surface area contributed by atoms with Crippen molar-refractivity contribution in [3.63, 3.8) is 0 Å². The van der Waals surface area contributed by atoms with Crippen molar-refractivity contribution in [2.75, 3.05) is 31.6 Å². The summed E-state index contributed by atoms with van der Waals surface area (Å²) in [6.07, 6.45) is 3.97. The van der Waals surface area contributed by atoms with Crippen LogP contribution in [0.3, 0.4) is 0 Å². The molecule has 1 fully saturated rings. The first-order chi connectivity index (χ1) is 11.1. The summed E-state index contributed by atoms with van der Waals surface area (Å²) < 4.78 is 6.26. The predicted octanol–water partition coefficient (Wildman–Crippen LogP) is -1.07. The summed E-state index contributed by atoms with van der Waals surface area (Å²) in [5.41, 5.74) is 2.34. The smallest absolute Gasteiger partial charge is 0.328 e. The molecule has 2 aromatic rings. The molecule has 1 saturated heterocycles. The second kappa shape index (κ2) is 6.30. The Morgan fingerprint density at radius 1 is 1.04 bits per heavy atom. The van der Waals surface area contributed by atoms with Gasteiger partial charge in [-0.15, -0.1) is 10.2 Å². The van der Waals surface area contributed by atoms with Gasteiger partial charge in [0.15, 0.2) is 5.76 Å². The quantitative estimate of drug-likeness (QED) is 0.705. The third-order valence-corrected chi connectivity index (χ3v) is 3.43. The maximum atomic E-state index is 12.1. The molecule has 0 radical (unpaired) electrons. The van der Waals surface area contributed by atoms with Crippen molar-refractivity contribution in [1.82, 2.24) is 24.7 Å². The molecular weight excluding hydrogens is 304 g/mol. The molecule has 0 spiro atoms. The van der Waals surface area contributed by atoms with Gasteiger partial charge in [-0.3, -0.25) is 19.8 Å². The number of piperazine rings is 1. The maximum Gasteiger partial charge on any atom is 0.328 e. The molecule has 0 atom stereocenters. The van der Waals surface area contributed by atoms with Crippen molar-refractivity contribution in [1.29, 1.82) is 0 Å². The summed E-state index contributed by atoms with van der Waals surface area (Å²) in [5, 5.41) is 7.04. The van der Waals surface area contributed by atoms with E-state index in [1.54, 1.807) is 17.0 Å². The maximum absolute atomic E-state index is 12.1. The molecule has 10 nitrogen and oxygen atoms in total. The Bertz CT molecular complexity index is 688. The number of carbonyl (C=O) groups is 3. The Labute approximate surface area is 130 Å². The minimum absolute atomic E-state index is 0.226. The van der Waals surface area contributed by atoms with E-state index in [1.807, 2.05) is 0 Å². The van der Waals surface area contributed by atoms with Gasteiger partial charge in [-0.1, -0.05) is 0 Å². The van der Waals surface area contributed by atoms with Crippen LogP contribution in [0.4, 0.5) is 0 Å². The number of hydrogen-bond acceptors (Lipinski definition) is 6. The lowest BCUT2D eigenvalue weighted by Gasteiger charge is -2.33. The Morgan fingerprint density at radius 3 is 2.30 bits per heavy atom. The molecule has 0 unspecified atom stereocenters. The minimum Gasteiger partial charge on any atom is -0.459 e. The average molecular weight is 318 g/mol. The molecule has 23 heavy (non-hydrogen) atoms. The Morgan fingerprint density at radius 2 is 1.70 bits per heavy atom. The van der Waals surface area contributed by atoms with Gasteiger partial charge in [0, 0.05) is 26.2 Å². The fourth-order valence-corrected chi connectivity index (χ4v) is 2.24. The number of nitrogens with one attached hydrogen (secondary N) is 1. The van der Waals surface area contributed by atoms with E-state index in [0.29, 0.717) is 13.1 Å². The van der Waals surface area contributed by atoms with Gasteiger partial charge in [0.25, 0.3) is 5.91 Å². The molecule has 10 heteroatoms. The van der Waals surface area contributed by atoms with E-state index in [4.69, 9.17) is 4.42 Å². The second-order valence-corrected chi connectivity index (χ2v) is 4.87. The van der Waals surface area contributed by atoms with E-state index < -0.39 is 11.8 Å². The van der Waals surface area contributed by atoms with Crippen molar-refractivity contribution in [2.24, 2.45) is 0 Å². The van der Waals surface area contributed by atoms with Crippen LogP contribution in [0.1, 0.15) is 10.6 Å². The fourth-order valence-electron chi connectivity index (χ4n) is 2.24. The highest BCUT2D eigenvalue weighted by atomic mass is 16.3. The van der Waals surface area contributed by atoms with Gasteiger partial charge in [0.2, 0.25) is 0 Å². The first-order valence-corrected chi connectivity index (χ1v) is 6.93. The largest absolute Gasteiger partial charge is 0.459 e. The number of carbonyl (C=O) groups excluding carboxylic acids is 3. The number of furan rings is 1. The van der Waals surface area contributed by atoms with E-state index in [0.717, 1.165) is 0 Å². The Balaban J connectivity index is 1.53. The molecule has 0 saturated carbocycles. The van der Waals surface area contributed by atoms with Gasteiger partial charge in [-0.05, 0) is 12.1 Å². The van der Waals surface area contributed by atoms with E-state index in [1.165, 1.54) is 28.5 Å². The van der Waals surface area contributed by atoms with Gasteiger partial charge in [-0.2, -0.15) is 0 Å². The van der Waals surface area contributed by atoms with Crippen molar-refractivity contribution in [2.45, 2.75) is 0 Å². The molecule has 1 aliphatic heterocycles. The molecule has 120 valence electrons. The third-order valence-electron chi connectivity index (χ3n) is 3.43. The minimum atomic E-state index is -0.782. The van der Waals surface area contributed by atoms with Crippen LogP contribution in [0.5, 0.6) is 0 Å². The number of aromatic nitrogens is 3. The summed E-state index contributed by atoms with van der Waals surface area (Å²) >= 11 is 0. The number of hydrogen-bond donors (Lipinski definition) is 1. The van der Waals surface area contributed by atoms with Crippen LogP contribution in [0, 0.1) is 0 Å². The SMILES string of the molecule is O=C(Nn1cnnc1)C(=O)N1CCN(C(=O)c2ccco2)CC1. The second-order valence-electron chi connectivity index (χ2n) is 4.87. The van der Waals surface area contributed by atoms with Crippen LogP contribution in [-0.4, -0.2) is 68.6 Å². The van der Waals surface area contributed by atoms with Crippen LogP contribution in [0.2, 0.25) is 0 Å². The molecule has 0 aliphatic carbocycles. The molecule has 2 aromatic heterocycles. The zero-order valence-corrected chi connectivity index (χ0v) is 12.1. The first kappa shape index (κ1) is 14.8. The topological polar surface area (TPSA) is 114 Å². The third kappa shape index (κ3) is 3.20. The normalized spacial score (nSPS) is 14.6. The summed E-state index contributed by atoms with van der Waals surface area (Å²) in [7, 11) is 0. The van der Waals surface area contributed by atoms with Crippen molar-refractivity contribution in [3.8, 4) is 0 Å². The molecule has 1 N–H and O–H groups in total. The summed E-state index contributed by atoms with van der Waals surface area (Å²) in [6, 6.07) is 3.23. The highest BCUT2D eigenvalue weighted by Gasteiger charge is 2.29. The lowest BCUT2D eigenvalue weighted by molar-refractivity contribution is -0.144. The van der Waals surface area contributed by atoms with E-state index in [2.05, 4.69) is 15.6 Å². The fraction of sp³-hybridized carbons (Fsp3) is 0.308. The predicted molar refractivity (Wildman–Crippen MR) is 75.6 cm³/mol. The van der Waals surface area contributed by atoms with Gasteiger partial charge < -0.3 is 14.2 Å². The van der Waals surface area contributed by atoms with Gasteiger partial charge in [0.05, 0.1) is 6.26 Å². The number of amides is 3. The van der Waals surface area contributed by atoms with Crippen LogP contribution in [0.15, 0.2) is 35.5 Å². The molecule has 3 rings (SSSR count). The summed E-state index contributed by atoms with van der Waals surface area (Å²) in [6.45, 7) is 1.23. The average Bonchev–Trinajstić information content (AvgIpc) is 3.27. The van der Waals surface area contributed by atoms with Crippen molar-refractivity contribution >= 4 is 17.7 Å². The highest BCUT2D eigenvalue weighted by molar-refractivity contribution is 6.38. The first-order valence-electron chi connectivity index (χ1n) is 6.93. The van der Waals surface area contributed by atoms with Crippen LogP contribution >= 0.6 is 0 Å². The summed E-state index contributed by atoms with van der Waals surface area (Å²) in [4.78, 5) is 39.0. The Kier molecular flexibility index (Phi) is 4.04. The van der Waals surface area contributed by atoms with E-state index >= 15 is 0 Å². The number of nitrogens with zero attached hydrogens (tertiary/aromatic N) is 5. The Hall–Kier alpha value is -3.17. The molecule has 1 aliphatic rings.